The smallest absolute Gasteiger partial charge is 0.303 e. The van der Waals surface area contributed by atoms with Crippen LogP contribution < -0.4 is 5.32 Å². The highest BCUT2D eigenvalue weighted by Gasteiger charge is 2.06. The van der Waals surface area contributed by atoms with Crippen molar-refractivity contribution in [3.63, 3.8) is 0 Å². The Morgan fingerprint density at radius 3 is 2.52 bits per heavy atom. The molecule has 0 saturated heterocycles. The standard InChI is InChI=1S/C20H22N2O3/c1-15(23)22-13-11-16-7-9-17(10-8-16)19(5-2-6-20(24)25)18-4-3-12-21-14-18/h3-5,7-10,12,14H,2,6,11,13H2,1H3,(H,22,23)(H,24,25). The average Bonchev–Trinajstić information content (AvgIpc) is 2.60. The maximum absolute atomic E-state index is 10.9. The normalized spacial score (nSPS) is 11.2. The number of allylic oxidation sites excluding steroid dienone is 1. The van der Waals surface area contributed by atoms with Gasteiger partial charge in [-0.3, -0.25) is 14.6 Å². The number of hydrogen-bond acceptors (Lipinski definition) is 3. The van der Waals surface area contributed by atoms with E-state index in [0.717, 1.165) is 28.7 Å². The van der Waals surface area contributed by atoms with Crippen LogP contribution in [0.4, 0.5) is 0 Å². The zero-order valence-corrected chi connectivity index (χ0v) is 14.2. The Hall–Kier alpha value is -2.95. The summed E-state index contributed by atoms with van der Waals surface area (Å²) in [4.78, 5) is 25.8. The second kappa shape index (κ2) is 9.37. The van der Waals surface area contributed by atoms with Crippen LogP contribution in [0.5, 0.6) is 0 Å². The molecule has 1 amide bonds. The summed E-state index contributed by atoms with van der Waals surface area (Å²) < 4.78 is 0. The number of carboxylic acid groups (broad SMARTS) is 1. The molecule has 0 spiro atoms. The number of carbonyl (C=O) groups excluding carboxylic acids is 1. The van der Waals surface area contributed by atoms with Gasteiger partial charge in [0.1, 0.15) is 0 Å². The summed E-state index contributed by atoms with van der Waals surface area (Å²) >= 11 is 0. The predicted octanol–water partition coefficient (Wildman–Crippen LogP) is 3.06. The highest BCUT2D eigenvalue weighted by molar-refractivity contribution is 5.80. The van der Waals surface area contributed by atoms with Gasteiger partial charge in [-0.1, -0.05) is 36.4 Å². The van der Waals surface area contributed by atoms with Crippen LogP contribution in [-0.2, 0) is 16.0 Å². The Labute approximate surface area is 147 Å². The Balaban J connectivity index is 2.16. The first-order chi connectivity index (χ1) is 12.1. The molecular formula is C20H22N2O3. The lowest BCUT2D eigenvalue weighted by Gasteiger charge is -2.10. The number of aromatic nitrogens is 1. The molecule has 2 rings (SSSR count). The van der Waals surface area contributed by atoms with Crippen molar-refractivity contribution in [2.45, 2.75) is 26.2 Å². The fourth-order valence-electron chi connectivity index (χ4n) is 2.50. The van der Waals surface area contributed by atoms with Crippen molar-refractivity contribution >= 4 is 17.4 Å². The van der Waals surface area contributed by atoms with Crippen LogP contribution in [0.2, 0.25) is 0 Å². The van der Waals surface area contributed by atoms with E-state index in [2.05, 4.69) is 10.3 Å². The number of benzene rings is 1. The highest BCUT2D eigenvalue weighted by atomic mass is 16.4. The van der Waals surface area contributed by atoms with Crippen LogP contribution in [-0.4, -0.2) is 28.5 Å². The molecule has 0 bridgehead atoms. The molecule has 2 N–H and O–H groups in total. The van der Waals surface area contributed by atoms with Gasteiger partial charge in [0.2, 0.25) is 5.91 Å². The molecule has 0 aliphatic carbocycles. The second-order valence-electron chi connectivity index (χ2n) is 5.72. The number of nitrogens with one attached hydrogen (secondary N) is 1. The Kier molecular flexibility index (Phi) is 6.89. The summed E-state index contributed by atoms with van der Waals surface area (Å²) in [6.07, 6.45) is 6.76. The molecule has 25 heavy (non-hydrogen) atoms. The first-order valence-electron chi connectivity index (χ1n) is 8.22. The number of carbonyl (C=O) groups is 2. The van der Waals surface area contributed by atoms with Crippen molar-refractivity contribution in [3.8, 4) is 0 Å². The largest absolute Gasteiger partial charge is 0.481 e. The first kappa shape index (κ1) is 18.4. The number of aliphatic carboxylic acids is 1. The monoisotopic (exact) mass is 338 g/mol. The summed E-state index contributed by atoms with van der Waals surface area (Å²) in [6.45, 7) is 2.11. The third kappa shape index (κ3) is 6.22. The SMILES string of the molecule is CC(=O)NCCc1ccc(C(=CCCC(=O)O)c2cccnc2)cc1. The van der Waals surface area contributed by atoms with E-state index in [1.165, 1.54) is 6.92 Å². The van der Waals surface area contributed by atoms with Crippen LogP contribution in [0.25, 0.3) is 5.57 Å². The van der Waals surface area contributed by atoms with Gasteiger partial charge >= 0.3 is 5.97 Å². The van der Waals surface area contributed by atoms with Crippen LogP contribution >= 0.6 is 0 Å². The van der Waals surface area contributed by atoms with E-state index < -0.39 is 5.97 Å². The van der Waals surface area contributed by atoms with Crippen molar-refractivity contribution in [2.75, 3.05) is 6.54 Å². The van der Waals surface area contributed by atoms with Gasteiger partial charge in [-0.15, -0.1) is 0 Å². The molecule has 5 nitrogen and oxygen atoms in total. The van der Waals surface area contributed by atoms with Gasteiger partial charge in [-0.2, -0.15) is 0 Å². The van der Waals surface area contributed by atoms with Gasteiger partial charge in [0.15, 0.2) is 0 Å². The summed E-state index contributed by atoms with van der Waals surface area (Å²) in [7, 11) is 0. The van der Waals surface area contributed by atoms with Crippen LogP contribution in [0.15, 0.2) is 54.9 Å². The summed E-state index contributed by atoms with van der Waals surface area (Å²) in [5.74, 6) is -0.841. The molecule has 0 aliphatic heterocycles. The van der Waals surface area contributed by atoms with E-state index in [1.54, 1.807) is 12.4 Å². The number of amides is 1. The van der Waals surface area contributed by atoms with E-state index in [4.69, 9.17) is 5.11 Å². The van der Waals surface area contributed by atoms with E-state index in [9.17, 15) is 9.59 Å². The van der Waals surface area contributed by atoms with E-state index >= 15 is 0 Å². The minimum atomic E-state index is -0.810. The lowest BCUT2D eigenvalue weighted by atomic mass is 9.96. The lowest BCUT2D eigenvalue weighted by Crippen LogP contribution is -2.22. The quantitative estimate of drug-likeness (QED) is 0.775. The summed E-state index contributed by atoms with van der Waals surface area (Å²) in [6, 6.07) is 11.9. The molecule has 0 fully saturated rings. The van der Waals surface area contributed by atoms with E-state index in [1.807, 2.05) is 42.5 Å². The molecule has 0 atom stereocenters. The minimum absolute atomic E-state index is 0.0307. The average molecular weight is 338 g/mol. The van der Waals surface area contributed by atoms with Crippen molar-refractivity contribution in [3.05, 3.63) is 71.6 Å². The van der Waals surface area contributed by atoms with Gasteiger partial charge < -0.3 is 10.4 Å². The molecule has 0 radical (unpaired) electrons. The maximum Gasteiger partial charge on any atom is 0.303 e. The minimum Gasteiger partial charge on any atom is -0.481 e. The molecular weight excluding hydrogens is 316 g/mol. The molecule has 5 heteroatoms. The van der Waals surface area contributed by atoms with Gasteiger partial charge in [0, 0.05) is 37.8 Å². The Morgan fingerprint density at radius 1 is 1.16 bits per heavy atom. The number of rotatable bonds is 8. The van der Waals surface area contributed by atoms with Gasteiger partial charge in [0.25, 0.3) is 0 Å². The van der Waals surface area contributed by atoms with Crippen LogP contribution in [0.1, 0.15) is 36.5 Å². The third-order valence-electron chi connectivity index (χ3n) is 3.73. The van der Waals surface area contributed by atoms with Crippen LogP contribution in [0.3, 0.4) is 0 Å². The highest BCUT2D eigenvalue weighted by Crippen LogP contribution is 2.24. The number of carboxylic acids is 1. The van der Waals surface area contributed by atoms with Crippen molar-refractivity contribution in [1.82, 2.24) is 10.3 Å². The molecule has 1 aromatic heterocycles. The van der Waals surface area contributed by atoms with Gasteiger partial charge in [0.05, 0.1) is 0 Å². The molecule has 1 aromatic carbocycles. The topological polar surface area (TPSA) is 79.3 Å². The van der Waals surface area contributed by atoms with Gasteiger partial charge in [-0.05, 0) is 35.6 Å². The summed E-state index contributed by atoms with van der Waals surface area (Å²) in [5, 5.41) is 11.6. The zero-order chi connectivity index (χ0) is 18.1. The zero-order valence-electron chi connectivity index (χ0n) is 14.2. The van der Waals surface area contributed by atoms with Crippen molar-refractivity contribution < 1.29 is 14.7 Å². The van der Waals surface area contributed by atoms with Crippen LogP contribution in [0, 0.1) is 0 Å². The molecule has 0 aliphatic rings. The molecule has 1 heterocycles. The number of hydrogen-bond donors (Lipinski definition) is 2. The summed E-state index contributed by atoms with van der Waals surface area (Å²) in [5.41, 5.74) is 4.08. The van der Waals surface area contributed by atoms with E-state index in [-0.39, 0.29) is 12.3 Å². The first-order valence-corrected chi connectivity index (χ1v) is 8.22. The fourth-order valence-corrected chi connectivity index (χ4v) is 2.50. The van der Waals surface area contributed by atoms with Gasteiger partial charge in [-0.25, -0.2) is 0 Å². The molecule has 0 unspecified atom stereocenters. The molecule has 130 valence electrons. The maximum atomic E-state index is 10.9. The Bertz CT molecular complexity index is 737. The van der Waals surface area contributed by atoms with E-state index in [0.29, 0.717) is 13.0 Å². The number of pyridine rings is 1. The molecule has 0 saturated carbocycles. The Morgan fingerprint density at radius 2 is 1.92 bits per heavy atom. The second-order valence-corrected chi connectivity index (χ2v) is 5.72. The fraction of sp³-hybridized carbons (Fsp3) is 0.250. The third-order valence-corrected chi connectivity index (χ3v) is 3.73. The lowest BCUT2D eigenvalue weighted by molar-refractivity contribution is -0.136. The van der Waals surface area contributed by atoms with Crippen molar-refractivity contribution in [2.24, 2.45) is 0 Å². The molecule has 2 aromatic rings. The van der Waals surface area contributed by atoms with Crippen molar-refractivity contribution in [1.29, 1.82) is 0 Å². The predicted molar refractivity (Wildman–Crippen MR) is 97.0 cm³/mol. The number of nitrogens with zero attached hydrogens (tertiary/aromatic N) is 1.